The van der Waals surface area contributed by atoms with Crippen LogP contribution in [0.15, 0.2) is 0 Å². The number of hydrogen-bond acceptors (Lipinski definition) is 3. The fourth-order valence-electron chi connectivity index (χ4n) is 1.87. The molecule has 0 amide bonds. The third kappa shape index (κ3) is 3.56. The highest BCUT2D eigenvalue weighted by Crippen LogP contribution is 2.11. The number of nitrogens with zero attached hydrogens (tertiary/aromatic N) is 1. The Kier molecular flexibility index (Phi) is 4.85. The van der Waals surface area contributed by atoms with Crippen LogP contribution in [-0.4, -0.2) is 48.8 Å². The van der Waals surface area contributed by atoms with Crippen molar-refractivity contribution in [3.05, 3.63) is 0 Å². The van der Waals surface area contributed by atoms with Crippen LogP contribution in [0.2, 0.25) is 0 Å². The molecule has 3 heteroatoms. The molecule has 0 aromatic carbocycles. The lowest BCUT2D eigenvalue weighted by Gasteiger charge is -2.33. The SMILES string of the molecule is CC(CO)C(C)NC1CCN(C)CC1. The highest BCUT2D eigenvalue weighted by molar-refractivity contribution is 4.79. The van der Waals surface area contributed by atoms with Crippen LogP contribution in [0, 0.1) is 5.92 Å². The Morgan fingerprint density at radius 3 is 2.43 bits per heavy atom. The van der Waals surface area contributed by atoms with Gasteiger partial charge < -0.3 is 15.3 Å². The minimum absolute atomic E-state index is 0.279. The van der Waals surface area contributed by atoms with E-state index in [0.29, 0.717) is 18.0 Å². The van der Waals surface area contributed by atoms with Crippen LogP contribution in [0.1, 0.15) is 26.7 Å². The highest BCUT2D eigenvalue weighted by atomic mass is 16.3. The normalized spacial score (nSPS) is 24.9. The molecule has 0 spiro atoms. The zero-order valence-electron chi connectivity index (χ0n) is 9.66. The van der Waals surface area contributed by atoms with Gasteiger partial charge in [0.25, 0.3) is 0 Å². The van der Waals surface area contributed by atoms with Crippen molar-refractivity contribution in [2.24, 2.45) is 5.92 Å². The van der Waals surface area contributed by atoms with Crippen molar-refractivity contribution in [2.45, 2.75) is 38.8 Å². The van der Waals surface area contributed by atoms with Gasteiger partial charge >= 0.3 is 0 Å². The van der Waals surface area contributed by atoms with Gasteiger partial charge in [0, 0.05) is 18.7 Å². The maximum atomic E-state index is 9.03. The summed E-state index contributed by atoms with van der Waals surface area (Å²) in [6.45, 7) is 6.92. The monoisotopic (exact) mass is 200 g/mol. The van der Waals surface area contributed by atoms with E-state index in [0.717, 1.165) is 0 Å². The first-order valence-electron chi connectivity index (χ1n) is 5.69. The van der Waals surface area contributed by atoms with Crippen LogP contribution in [0.5, 0.6) is 0 Å². The number of piperidine rings is 1. The third-order valence-electron chi connectivity index (χ3n) is 3.36. The van der Waals surface area contributed by atoms with Crippen LogP contribution in [-0.2, 0) is 0 Å². The van der Waals surface area contributed by atoms with Crippen molar-refractivity contribution >= 4 is 0 Å². The molecule has 0 radical (unpaired) electrons. The quantitative estimate of drug-likeness (QED) is 0.701. The predicted molar refractivity (Wildman–Crippen MR) is 59.4 cm³/mol. The van der Waals surface area contributed by atoms with E-state index in [1.54, 1.807) is 0 Å². The van der Waals surface area contributed by atoms with E-state index < -0.39 is 0 Å². The molecular formula is C11H24N2O. The maximum absolute atomic E-state index is 9.03. The fraction of sp³-hybridized carbons (Fsp3) is 1.00. The van der Waals surface area contributed by atoms with E-state index in [9.17, 15) is 0 Å². The van der Waals surface area contributed by atoms with Crippen molar-refractivity contribution in [3.63, 3.8) is 0 Å². The molecule has 0 aromatic rings. The average Bonchev–Trinajstić information content (AvgIpc) is 2.20. The molecule has 1 rings (SSSR count). The molecule has 3 nitrogen and oxygen atoms in total. The standard InChI is InChI=1S/C11H24N2O/c1-9(8-14)10(2)12-11-4-6-13(3)7-5-11/h9-12,14H,4-8H2,1-3H3. The summed E-state index contributed by atoms with van der Waals surface area (Å²) < 4.78 is 0. The van der Waals surface area contributed by atoms with Gasteiger partial charge in [-0.05, 0) is 45.8 Å². The smallest absolute Gasteiger partial charge is 0.0471 e. The van der Waals surface area contributed by atoms with Crippen molar-refractivity contribution in [3.8, 4) is 0 Å². The first-order valence-corrected chi connectivity index (χ1v) is 5.69. The van der Waals surface area contributed by atoms with E-state index in [4.69, 9.17) is 5.11 Å². The van der Waals surface area contributed by atoms with Crippen LogP contribution < -0.4 is 5.32 Å². The third-order valence-corrected chi connectivity index (χ3v) is 3.36. The minimum atomic E-state index is 0.279. The van der Waals surface area contributed by atoms with E-state index in [2.05, 4.69) is 31.1 Å². The number of rotatable bonds is 4. The Bertz CT molecular complexity index is 155. The van der Waals surface area contributed by atoms with E-state index in [1.807, 2.05) is 0 Å². The highest BCUT2D eigenvalue weighted by Gasteiger charge is 2.20. The molecule has 1 saturated heterocycles. The lowest BCUT2D eigenvalue weighted by atomic mass is 10.00. The zero-order valence-corrected chi connectivity index (χ0v) is 9.66. The summed E-state index contributed by atoms with van der Waals surface area (Å²) in [5, 5.41) is 12.6. The molecule has 0 bridgehead atoms. The van der Waals surface area contributed by atoms with Gasteiger partial charge in [-0.25, -0.2) is 0 Å². The summed E-state index contributed by atoms with van der Waals surface area (Å²) in [6, 6.07) is 1.07. The number of likely N-dealkylation sites (tertiary alicyclic amines) is 1. The predicted octanol–water partition coefficient (Wildman–Crippen LogP) is 0.687. The molecule has 1 fully saturated rings. The van der Waals surface area contributed by atoms with Gasteiger partial charge in [-0.15, -0.1) is 0 Å². The van der Waals surface area contributed by atoms with Gasteiger partial charge in [0.2, 0.25) is 0 Å². The molecular weight excluding hydrogens is 176 g/mol. The first-order chi connectivity index (χ1) is 6.63. The number of hydrogen-bond donors (Lipinski definition) is 2. The summed E-state index contributed by atoms with van der Waals surface area (Å²) in [7, 11) is 2.18. The Labute approximate surface area is 87.5 Å². The molecule has 84 valence electrons. The van der Waals surface area contributed by atoms with Gasteiger partial charge in [0.05, 0.1) is 0 Å². The summed E-state index contributed by atoms with van der Waals surface area (Å²) in [5.74, 6) is 0.356. The van der Waals surface area contributed by atoms with Crippen LogP contribution in [0.4, 0.5) is 0 Å². The topological polar surface area (TPSA) is 35.5 Å². The van der Waals surface area contributed by atoms with Gasteiger partial charge in [-0.2, -0.15) is 0 Å². The lowest BCUT2D eigenvalue weighted by molar-refractivity contribution is 0.178. The summed E-state index contributed by atoms with van der Waals surface area (Å²) in [4.78, 5) is 2.37. The van der Waals surface area contributed by atoms with Crippen LogP contribution in [0.3, 0.4) is 0 Å². The van der Waals surface area contributed by atoms with Crippen molar-refractivity contribution in [1.29, 1.82) is 0 Å². The van der Waals surface area contributed by atoms with Crippen molar-refractivity contribution in [1.82, 2.24) is 10.2 Å². The Morgan fingerprint density at radius 2 is 1.93 bits per heavy atom. The second kappa shape index (κ2) is 5.69. The molecule has 14 heavy (non-hydrogen) atoms. The second-order valence-corrected chi connectivity index (χ2v) is 4.69. The molecule has 2 atom stereocenters. The van der Waals surface area contributed by atoms with E-state index >= 15 is 0 Å². The lowest BCUT2D eigenvalue weighted by Crippen LogP contribution is -2.46. The van der Waals surface area contributed by atoms with Crippen LogP contribution in [0.25, 0.3) is 0 Å². The van der Waals surface area contributed by atoms with Crippen LogP contribution >= 0.6 is 0 Å². The zero-order chi connectivity index (χ0) is 10.6. The minimum Gasteiger partial charge on any atom is -0.396 e. The number of nitrogens with one attached hydrogen (secondary N) is 1. The molecule has 1 heterocycles. The summed E-state index contributed by atoms with van der Waals surface area (Å²) in [6.07, 6.45) is 2.47. The van der Waals surface area contributed by atoms with E-state index in [1.165, 1.54) is 25.9 Å². The first kappa shape index (κ1) is 12.0. The van der Waals surface area contributed by atoms with Gasteiger partial charge in [0.1, 0.15) is 0 Å². The fourth-order valence-corrected chi connectivity index (χ4v) is 1.87. The largest absolute Gasteiger partial charge is 0.396 e. The van der Waals surface area contributed by atoms with Gasteiger partial charge in [-0.1, -0.05) is 6.92 Å². The summed E-state index contributed by atoms with van der Waals surface area (Å²) >= 11 is 0. The Morgan fingerprint density at radius 1 is 1.36 bits per heavy atom. The van der Waals surface area contributed by atoms with Gasteiger partial charge in [-0.3, -0.25) is 0 Å². The Balaban J connectivity index is 2.23. The van der Waals surface area contributed by atoms with Crippen molar-refractivity contribution in [2.75, 3.05) is 26.7 Å². The number of aliphatic hydroxyl groups excluding tert-OH is 1. The molecule has 1 aliphatic rings. The second-order valence-electron chi connectivity index (χ2n) is 4.69. The van der Waals surface area contributed by atoms with Gasteiger partial charge in [0.15, 0.2) is 0 Å². The van der Waals surface area contributed by atoms with Crippen molar-refractivity contribution < 1.29 is 5.11 Å². The molecule has 2 N–H and O–H groups in total. The molecule has 0 aromatic heterocycles. The summed E-state index contributed by atoms with van der Waals surface area (Å²) in [5.41, 5.74) is 0. The number of aliphatic hydroxyl groups is 1. The van der Waals surface area contributed by atoms with E-state index in [-0.39, 0.29) is 6.61 Å². The average molecular weight is 200 g/mol. The molecule has 1 aliphatic heterocycles. The molecule has 0 aliphatic carbocycles. The Hall–Kier alpha value is -0.120. The molecule has 2 unspecified atom stereocenters. The molecule has 0 saturated carbocycles. The maximum Gasteiger partial charge on any atom is 0.0471 e.